The summed E-state index contributed by atoms with van der Waals surface area (Å²) in [6.07, 6.45) is 1.08. The van der Waals surface area contributed by atoms with Gasteiger partial charge >= 0.3 is 0 Å². The molecule has 132 valence electrons. The SMILES string of the molecule is Cc1ccc(-c2nn3c(NCCCN(C)C)cc(C)nc3c2C)cc1. The third-order valence-corrected chi connectivity index (χ3v) is 4.36. The number of nitrogens with zero attached hydrogens (tertiary/aromatic N) is 4. The van der Waals surface area contributed by atoms with Crippen molar-refractivity contribution in [1.82, 2.24) is 19.5 Å². The van der Waals surface area contributed by atoms with Crippen LogP contribution in [0.1, 0.15) is 23.2 Å². The Morgan fingerprint density at radius 3 is 2.48 bits per heavy atom. The van der Waals surface area contributed by atoms with Crippen LogP contribution in [0, 0.1) is 20.8 Å². The maximum absolute atomic E-state index is 4.85. The van der Waals surface area contributed by atoms with Gasteiger partial charge in [-0.05, 0) is 47.8 Å². The van der Waals surface area contributed by atoms with Crippen molar-refractivity contribution in [3.05, 3.63) is 47.2 Å². The zero-order chi connectivity index (χ0) is 18.0. The highest BCUT2D eigenvalue weighted by atomic mass is 15.3. The molecule has 5 heteroatoms. The third-order valence-electron chi connectivity index (χ3n) is 4.36. The van der Waals surface area contributed by atoms with Crippen molar-refractivity contribution in [2.24, 2.45) is 0 Å². The van der Waals surface area contributed by atoms with E-state index in [1.807, 2.05) is 11.4 Å². The van der Waals surface area contributed by atoms with Gasteiger partial charge < -0.3 is 10.2 Å². The van der Waals surface area contributed by atoms with Crippen LogP contribution in [-0.2, 0) is 0 Å². The lowest BCUT2D eigenvalue weighted by molar-refractivity contribution is 0.405. The summed E-state index contributed by atoms with van der Waals surface area (Å²) in [5.41, 5.74) is 6.41. The van der Waals surface area contributed by atoms with E-state index in [4.69, 9.17) is 10.1 Å². The van der Waals surface area contributed by atoms with E-state index in [1.54, 1.807) is 0 Å². The number of benzene rings is 1. The average molecular weight is 337 g/mol. The standard InChI is InChI=1S/C20H27N5/c1-14-7-9-17(10-8-14)19-16(3)20-22-15(2)13-18(25(20)23-19)21-11-6-12-24(4)5/h7-10,13,21H,6,11-12H2,1-5H3. The normalized spacial score (nSPS) is 11.4. The van der Waals surface area contributed by atoms with E-state index in [2.05, 4.69) is 68.5 Å². The first-order chi connectivity index (χ1) is 12.0. The summed E-state index contributed by atoms with van der Waals surface area (Å²) < 4.78 is 1.94. The second-order valence-electron chi connectivity index (χ2n) is 6.94. The number of aromatic nitrogens is 3. The van der Waals surface area contributed by atoms with Crippen LogP contribution in [0.5, 0.6) is 0 Å². The van der Waals surface area contributed by atoms with Gasteiger partial charge in [0.2, 0.25) is 0 Å². The Labute approximate surface area is 149 Å². The summed E-state index contributed by atoms with van der Waals surface area (Å²) in [7, 11) is 4.19. The molecule has 0 aliphatic carbocycles. The van der Waals surface area contributed by atoms with Crippen LogP contribution in [0.3, 0.4) is 0 Å². The molecule has 0 bridgehead atoms. The van der Waals surface area contributed by atoms with Gasteiger partial charge in [-0.15, -0.1) is 0 Å². The second kappa shape index (κ2) is 7.23. The van der Waals surface area contributed by atoms with Gasteiger partial charge in [-0.3, -0.25) is 0 Å². The number of rotatable bonds is 6. The third kappa shape index (κ3) is 3.82. The van der Waals surface area contributed by atoms with Crippen LogP contribution in [0.4, 0.5) is 5.82 Å². The molecule has 0 radical (unpaired) electrons. The maximum Gasteiger partial charge on any atom is 0.161 e. The average Bonchev–Trinajstić information content (AvgIpc) is 2.89. The number of anilines is 1. The summed E-state index contributed by atoms with van der Waals surface area (Å²) in [6.45, 7) is 8.20. The highest BCUT2D eigenvalue weighted by Gasteiger charge is 2.15. The van der Waals surface area contributed by atoms with E-state index < -0.39 is 0 Å². The molecule has 2 aromatic heterocycles. The molecule has 1 aromatic carbocycles. The first-order valence-corrected chi connectivity index (χ1v) is 8.78. The van der Waals surface area contributed by atoms with Crippen LogP contribution < -0.4 is 5.32 Å². The molecule has 25 heavy (non-hydrogen) atoms. The summed E-state index contributed by atoms with van der Waals surface area (Å²) in [5, 5.41) is 8.37. The van der Waals surface area contributed by atoms with Crippen molar-refractivity contribution in [1.29, 1.82) is 0 Å². The monoisotopic (exact) mass is 337 g/mol. The molecule has 0 saturated carbocycles. The van der Waals surface area contributed by atoms with Crippen molar-refractivity contribution < 1.29 is 0 Å². The molecule has 0 amide bonds. The molecular weight excluding hydrogens is 310 g/mol. The second-order valence-corrected chi connectivity index (χ2v) is 6.94. The van der Waals surface area contributed by atoms with Crippen LogP contribution in [0.15, 0.2) is 30.3 Å². The van der Waals surface area contributed by atoms with E-state index in [-0.39, 0.29) is 0 Å². The Bertz CT molecular complexity index is 862. The van der Waals surface area contributed by atoms with Crippen molar-refractivity contribution >= 4 is 11.5 Å². The molecule has 0 aliphatic heterocycles. The van der Waals surface area contributed by atoms with E-state index in [9.17, 15) is 0 Å². The summed E-state index contributed by atoms with van der Waals surface area (Å²) in [6, 6.07) is 10.6. The van der Waals surface area contributed by atoms with Gasteiger partial charge in [-0.2, -0.15) is 9.61 Å². The fourth-order valence-corrected chi connectivity index (χ4v) is 2.97. The molecule has 3 aromatic rings. The smallest absolute Gasteiger partial charge is 0.161 e. The number of nitrogens with one attached hydrogen (secondary N) is 1. The van der Waals surface area contributed by atoms with Crippen LogP contribution in [-0.4, -0.2) is 46.7 Å². The molecule has 0 unspecified atom stereocenters. The molecule has 0 saturated heterocycles. The predicted molar refractivity (Wildman–Crippen MR) is 104 cm³/mol. The minimum atomic E-state index is 0.912. The number of fused-ring (bicyclic) bond motifs is 1. The summed E-state index contributed by atoms with van der Waals surface area (Å²) in [5.74, 6) is 1.00. The zero-order valence-electron chi connectivity index (χ0n) is 15.8. The van der Waals surface area contributed by atoms with Gasteiger partial charge in [0.05, 0.1) is 5.69 Å². The Morgan fingerprint density at radius 1 is 1.08 bits per heavy atom. The van der Waals surface area contributed by atoms with Gasteiger partial charge in [0.1, 0.15) is 5.82 Å². The predicted octanol–water partition coefficient (Wildman–Crippen LogP) is 3.69. The van der Waals surface area contributed by atoms with Crippen LogP contribution in [0.2, 0.25) is 0 Å². The van der Waals surface area contributed by atoms with E-state index in [0.717, 1.165) is 53.5 Å². The lowest BCUT2D eigenvalue weighted by Gasteiger charge is -2.12. The number of hydrogen-bond acceptors (Lipinski definition) is 4. The Balaban J connectivity index is 1.95. The largest absolute Gasteiger partial charge is 0.370 e. The minimum absolute atomic E-state index is 0.912. The summed E-state index contributed by atoms with van der Waals surface area (Å²) in [4.78, 5) is 6.91. The van der Waals surface area contributed by atoms with Gasteiger partial charge in [-0.1, -0.05) is 29.8 Å². The number of hydrogen-bond donors (Lipinski definition) is 1. The Kier molecular flexibility index (Phi) is 5.04. The minimum Gasteiger partial charge on any atom is -0.370 e. The molecule has 5 nitrogen and oxygen atoms in total. The zero-order valence-corrected chi connectivity index (χ0v) is 15.8. The van der Waals surface area contributed by atoms with E-state index in [1.165, 1.54) is 5.56 Å². The van der Waals surface area contributed by atoms with Crippen LogP contribution >= 0.6 is 0 Å². The first-order valence-electron chi connectivity index (χ1n) is 8.78. The molecule has 1 N–H and O–H groups in total. The molecule has 2 heterocycles. The van der Waals surface area contributed by atoms with Crippen molar-refractivity contribution in [2.75, 3.05) is 32.5 Å². The molecule has 0 aliphatic rings. The Hall–Kier alpha value is -2.40. The molecule has 0 spiro atoms. The topological polar surface area (TPSA) is 45.5 Å². The quantitative estimate of drug-likeness (QED) is 0.697. The highest BCUT2D eigenvalue weighted by molar-refractivity contribution is 5.71. The molecule has 0 fully saturated rings. The lowest BCUT2D eigenvalue weighted by Crippen LogP contribution is -2.17. The summed E-state index contributed by atoms with van der Waals surface area (Å²) >= 11 is 0. The van der Waals surface area contributed by atoms with Gasteiger partial charge in [0.15, 0.2) is 5.65 Å². The van der Waals surface area contributed by atoms with Gasteiger partial charge in [0, 0.05) is 29.4 Å². The van der Waals surface area contributed by atoms with E-state index >= 15 is 0 Å². The highest BCUT2D eigenvalue weighted by Crippen LogP contribution is 2.27. The maximum atomic E-state index is 4.85. The first kappa shape index (κ1) is 17.4. The Morgan fingerprint density at radius 2 is 1.80 bits per heavy atom. The molecule has 0 atom stereocenters. The lowest BCUT2D eigenvalue weighted by atomic mass is 10.1. The van der Waals surface area contributed by atoms with Crippen molar-refractivity contribution in [3.63, 3.8) is 0 Å². The van der Waals surface area contributed by atoms with Gasteiger partial charge in [-0.25, -0.2) is 4.98 Å². The van der Waals surface area contributed by atoms with E-state index in [0.29, 0.717) is 0 Å². The van der Waals surface area contributed by atoms with Crippen molar-refractivity contribution in [3.8, 4) is 11.3 Å². The fourth-order valence-electron chi connectivity index (χ4n) is 2.97. The van der Waals surface area contributed by atoms with Gasteiger partial charge in [0.25, 0.3) is 0 Å². The molecule has 3 rings (SSSR count). The molecular formula is C20H27N5. The number of aryl methyl sites for hydroxylation is 3. The van der Waals surface area contributed by atoms with Crippen molar-refractivity contribution in [2.45, 2.75) is 27.2 Å². The van der Waals surface area contributed by atoms with Crippen LogP contribution in [0.25, 0.3) is 16.9 Å². The fraction of sp³-hybridized carbons (Fsp3) is 0.400.